The topological polar surface area (TPSA) is 26.6 Å². The van der Waals surface area contributed by atoms with Crippen LogP contribution < -0.4 is 29.4 Å². The van der Waals surface area contributed by atoms with Gasteiger partial charge in [0.25, 0.3) is 0 Å². The fourth-order valence-corrected chi connectivity index (χ4v) is 15.3. The minimum Gasteiger partial charge on any atom is -0.305 e. The molecule has 0 aromatic carbocycles. The first-order chi connectivity index (χ1) is 47.7. The van der Waals surface area contributed by atoms with Crippen LogP contribution in [0.2, 0.25) is 0 Å². The second-order valence-corrected chi connectivity index (χ2v) is 29.9. The first kappa shape index (κ1) is 78.4. The van der Waals surface area contributed by atoms with Crippen molar-refractivity contribution in [1.29, 1.82) is 0 Å². The summed E-state index contributed by atoms with van der Waals surface area (Å²) in [5, 5.41) is 0. The molecule has 0 amide bonds. The van der Waals surface area contributed by atoms with Gasteiger partial charge in [0, 0.05) is 38.5 Å². The van der Waals surface area contributed by atoms with Crippen molar-refractivity contribution in [2.45, 2.75) is 270 Å². The zero-order chi connectivity index (χ0) is 66.3. The summed E-state index contributed by atoms with van der Waals surface area (Å²) in [6.07, 6.45) is 127. The Bertz CT molecular complexity index is 2180. The molecule has 0 aromatic rings. The molecule has 7 aliphatic heterocycles. The molecule has 7 rings (SSSR count). The molecule has 0 radical (unpaired) electrons. The number of fused-ring (bicyclic) bond motifs is 12. The first-order valence-corrected chi connectivity index (χ1v) is 40.8. The van der Waals surface area contributed by atoms with E-state index in [1.165, 1.54) is 348 Å². The molecule has 7 aliphatic rings. The van der Waals surface area contributed by atoms with Crippen LogP contribution in [0, 0.1) is 0 Å². The van der Waals surface area contributed by atoms with Gasteiger partial charge in [-0.25, -0.2) is 0 Å². The Labute approximate surface area is 590 Å². The molecule has 0 saturated heterocycles. The van der Waals surface area contributed by atoms with E-state index in [2.05, 4.69) is 183 Å². The van der Waals surface area contributed by atoms with E-state index in [0.29, 0.717) is 0 Å². The predicted octanol–water partition coefficient (Wildman–Crippen LogP) is 15.8. The third-order valence-corrected chi connectivity index (χ3v) is 21.2. The Morgan fingerprint density at radius 2 is 0.302 bits per heavy atom. The van der Waals surface area contributed by atoms with Crippen LogP contribution in [0.5, 0.6) is 0 Å². The number of allylic oxidation sites excluding steroid dienone is 18. The molecule has 12 bridgehead atoms. The highest BCUT2D eigenvalue weighted by Crippen LogP contribution is 2.18. The lowest BCUT2D eigenvalue weighted by molar-refractivity contribution is -0.842. The highest BCUT2D eigenvalue weighted by molar-refractivity contribution is 5.18. The summed E-state index contributed by atoms with van der Waals surface area (Å²) in [5.41, 5.74) is 9.91. The van der Waals surface area contributed by atoms with E-state index in [9.17, 15) is 0 Å². The van der Waals surface area contributed by atoms with Crippen LogP contribution in [0.3, 0.4) is 0 Å². The van der Waals surface area contributed by atoms with Crippen LogP contribution in [0.4, 0.5) is 0 Å². The molecular weight excluding hydrogens is 1170 g/mol. The van der Waals surface area contributed by atoms with Crippen LogP contribution >= 0.6 is 0 Å². The molecule has 7 heterocycles. The molecule has 6 atom stereocenters. The molecule has 0 aliphatic carbocycles. The van der Waals surface area contributed by atoms with Crippen LogP contribution in [-0.2, 0) is 0 Å². The zero-order valence-electron chi connectivity index (χ0n) is 61.5. The van der Waals surface area contributed by atoms with Gasteiger partial charge in [-0.05, 0) is 224 Å². The molecule has 0 fully saturated rings. The summed E-state index contributed by atoms with van der Waals surface area (Å²) in [4.78, 5) is 9.78. The predicted molar refractivity (Wildman–Crippen MR) is 416 cm³/mol. The Hall–Kier alpha value is -4.92. The average Bonchev–Trinajstić information content (AvgIpc) is 3.49. The molecule has 528 valence electrons. The van der Waals surface area contributed by atoms with Crippen LogP contribution in [0.1, 0.15) is 270 Å². The summed E-state index contributed by atoms with van der Waals surface area (Å²) < 4.78 is 0. The van der Waals surface area contributed by atoms with Gasteiger partial charge in [0.1, 0.15) is 39.3 Å². The van der Waals surface area contributed by atoms with Crippen molar-refractivity contribution in [3.05, 3.63) is 216 Å². The number of rotatable bonds is 0. The Morgan fingerprint density at radius 1 is 0.156 bits per heavy atom. The Morgan fingerprint density at radius 3 is 0.469 bits per heavy atom. The van der Waals surface area contributed by atoms with Gasteiger partial charge < -0.3 is 29.4 Å². The maximum absolute atomic E-state index is 2.46. The van der Waals surface area contributed by atoms with E-state index in [1.54, 1.807) is 62.8 Å². The number of nitrogens with one attached hydrogen (secondary N) is 6. The maximum atomic E-state index is 2.46. The quantitative estimate of drug-likeness (QED) is 0.130. The van der Waals surface area contributed by atoms with Crippen molar-refractivity contribution < 1.29 is 29.4 Å². The minimum atomic E-state index is 1.19. The molecule has 96 heavy (non-hydrogen) atoms. The van der Waals surface area contributed by atoms with Crippen molar-refractivity contribution in [2.24, 2.45) is 0 Å². The monoisotopic (exact) mass is 1310 g/mol. The fourth-order valence-electron chi connectivity index (χ4n) is 15.3. The van der Waals surface area contributed by atoms with Crippen molar-refractivity contribution in [2.75, 3.05) is 78.5 Å². The normalized spacial score (nSPS) is 27.5. The average molecular weight is 1310 g/mol. The lowest BCUT2D eigenvalue weighted by Gasteiger charge is -2.19. The van der Waals surface area contributed by atoms with E-state index in [-0.39, 0.29) is 0 Å². The van der Waals surface area contributed by atoms with Crippen LogP contribution in [0.15, 0.2) is 216 Å². The fraction of sp³-hybridized carbons (Fsp3) is 0.600. The van der Waals surface area contributed by atoms with Crippen molar-refractivity contribution >= 4 is 0 Å². The summed E-state index contributed by atoms with van der Waals surface area (Å²) in [7, 11) is 0. The molecule has 6 N–H and O–H groups in total. The van der Waals surface area contributed by atoms with Crippen LogP contribution in [-0.4, -0.2) is 78.5 Å². The molecule has 0 aromatic heterocycles. The maximum Gasteiger partial charge on any atom is 0.103 e. The lowest BCUT2D eigenvalue weighted by atomic mass is 10.0. The molecule has 0 spiro atoms. The van der Waals surface area contributed by atoms with Crippen LogP contribution in [0.25, 0.3) is 0 Å². The van der Waals surface area contributed by atoms with E-state index < -0.39 is 0 Å². The van der Waals surface area contributed by atoms with Gasteiger partial charge in [-0.2, -0.15) is 0 Å². The third-order valence-electron chi connectivity index (χ3n) is 21.2. The van der Waals surface area contributed by atoms with E-state index in [0.717, 1.165) is 0 Å². The number of quaternary nitrogens is 6. The number of hydrogen-bond donors (Lipinski definition) is 6. The Balaban J connectivity index is 0.716. The van der Waals surface area contributed by atoms with E-state index >= 15 is 0 Å². The second kappa shape index (κ2) is 54.0. The van der Waals surface area contributed by atoms with Gasteiger partial charge in [-0.3, -0.25) is 0 Å². The van der Waals surface area contributed by atoms with Gasteiger partial charge in [0.2, 0.25) is 0 Å². The SMILES string of the molecule is C1=C[NH+]2CCC=CCCCCCCC3=CC=C[NH+](CCC=CCCCCCCC4=CC=C[NH+](CCC=CCCCCCCC5=CC=C[NH+](CCC=CCCCCCCC6=CC=C[NH+](CCC=CCCCCCCC7=CC=C[NH+](CCC=CCCCCCCC(=C1)C2)C7)C6)C5)C4)C3. The largest absolute Gasteiger partial charge is 0.305 e. The van der Waals surface area contributed by atoms with E-state index in [1.807, 2.05) is 0 Å². The van der Waals surface area contributed by atoms with Gasteiger partial charge in [-0.15, -0.1) is 0 Å². The van der Waals surface area contributed by atoms with Crippen molar-refractivity contribution in [3.8, 4) is 0 Å². The minimum absolute atomic E-state index is 1.19. The molecule has 0 saturated carbocycles. The summed E-state index contributed by atoms with van der Waals surface area (Å²) >= 11 is 0. The molecular formula is C90H144N6+6. The highest BCUT2D eigenvalue weighted by atomic mass is 15.1. The smallest absolute Gasteiger partial charge is 0.103 e. The molecule has 6 unspecified atom stereocenters. The summed E-state index contributed by atoms with van der Waals surface area (Å²) in [5.74, 6) is 0. The standard InChI is InChI=1S/C90H138N6/c1-7-19-31-43-67-91-73-50-62-86(80-91)56-38-26-14-3-9-21-33-45-69-93-75-52-64-88(82-93)58-40-28-16-5-11-23-35-47-71-95-77-54-66-90(84-95)60-42-30-18-6-12-24-36-48-72-96-78-53-65-89(83-96)59-41-29-17-4-10-22-34-46-70-94-76-51-63-87(81-94)57-39-27-15-2-8-20-32-44-68-92-74-49-61-85(79-92)55-37-25-13-1/h19-24,31-36,49-54,61-66,73-78H,1-18,25-30,37-48,55-60,67-72,79-84H2/p+6. The molecule has 6 heteroatoms. The van der Waals surface area contributed by atoms with Gasteiger partial charge >= 0.3 is 0 Å². The first-order valence-electron chi connectivity index (χ1n) is 40.8. The highest BCUT2D eigenvalue weighted by Gasteiger charge is 2.17. The summed E-state index contributed by atoms with van der Waals surface area (Å²) in [6.45, 7) is 14.5. The van der Waals surface area contributed by atoms with Gasteiger partial charge in [0.05, 0.1) is 76.5 Å². The Kier molecular flexibility index (Phi) is 44.1. The zero-order valence-corrected chi connectivity index (χ0v) is 61.5. The van der Waals surface area contributed by atoms with Crippen molar-refractivity contribution in [1.82, 2.24) is 0 Å². The third kappa shape index (κ3) is 39.0. The second-order valence-electron chi connectivity index (χ2n) is 29.9. The number of hydrogen-bond acceptors (Lipinski definition) is 0. The lowest BCUT2D eigenvalue weighted by Crippen LogP contribution is -3.08. The van der Waals surface area contributed by atoms with Gasteiger partial charge in [-0.1, -0.05) is 186 Å². The summed E-state index contributed by atoms with van der Waals surface area (Å²) in [6, 6.07) is 0. The van der Waals surface area contributed by atoms with Gasteiger partial charge in [0.15, 0.2) is 0 Å². The van der Waals surface area contributed by atoms with E-state index in [4.69, 9.17) is 0 Å². The molecule has 6 nitrogen and oxygen atoms in total. The van der Waals surface area contributed by atoms with Crippen molar-refractivity contribution in [3.63, 3.8) is 0 Å².